The number of carbonyl (C=O) groups is 2. The van der Waals surface area contributed by atoms with Gasteiger partial charge in [-0.3, -0.25) is 4.79 Å². The Hall–Kier alpha value is -1.20. The van der Waals surface area contributed by atoms with E-state index in [0.717, 1.165) is 0 Å². The standard InChI is InChI=1S/C9H9Cl2N3O2/c1-5(15)2-3-6(16)14-9-7(10)8(11)12-4-13-9/h4H,2-3H2,1H3,(H,12,13,14,16). The summed E-state index contributed by atoms with van der Waals surface area (Å²) in [7, 11) is 0. The predicted molar refractivity (Wildman–Crippen MR) is 60.6 cm³/mol. The number of anilines is 1. The summed E-state index contributed by atoms with van der Waals surface area (Å²) in [5.74, 6) is -0.246. The van der Waals surface area contributed by atoms with Crippen LogP contribution in [-0.4, -0.2) is 21.7 Å². The molecular weight excluding hydrogens is 253 g/mol. The summed E-state index contributed by atoms with van der Waals surface area (Å²) in [6, 6.07) is 0. The van der Waals surface area contributed by atoms with E-state index in [1.165, 1.54) is 13.3 Å². The molecule has 0 unspecified atom stereocenters. The number of hydrogen-bond acceptors (Lipinski definition) is 4. The molecule has 0 aliphatic carbocycles. The number of nitrogens with zero attached hydrogens (tertiary/aromatic N) is 2. The third-order valence-electron chi connectivity index (χ3n) is 1.71. The van der Waals surface area contributed by atoms with Crippen LogP contribution in [0.1, 0.15) is 19.8 Å². The Balaban J connectivity index is 2.63. The van der Waals surface area contributed by atoms with E-state index in [2.05, 4.69) is 15.3 Å². The second-order valence-corrected chi connectivity index (χ2v) is 3.81. The Morgan fingerprint density at radius 3 is 2.62 bits per heavy atom. The van der Waals surface area contributed by atoms with Gasteiger partial charge in [-0.25, -0.2) is 9.97 Å². The zero-order chi connectivity index (χ0) is 12.1. The maximum Gasteiger partial charge on any atom is 0.226 e. The molecule has 1 aromatic heterocycles. The highest BCUT2D eigenvalue weighted by atomic mass is 35.5. The molecule has 1 N–H and O–H groups in total. The number of halogens is 2. The van der Waals surface area contributed by atoms with Crippen molar-refractivity contribution in [1.82, 2.24) is 9.97 Å². The number of hydrogen-bond donors (Lipinski definition) is 1. The summed E-state index contributed by atoms with van der Waals surface area (Å²) in [6.07, 6.45) is 1.46. The molecule has 1 heterocycles. The van der Waals surface area contributed by atoms with Gasteiger partial charge in [-0.1, -0.05) is 23.2 Å². The largest absolute Gasteiger partial charge is 0.309 e. The summed E-state index contributed by atoms with van der Waals surface area (Å²) in [6.45, 7) is 1.42. The first-order valence-electron chi connectivity index (χ1n) is 4.46. The van der Waals surface area contributed by atoms with E-state index >= 15 is 0 Å². The van der Waals surface area contributed by atoms with E-state index in [1.807, 2.05) is 0 Å². The lowest BCUT2D eigenvalue weighted by molar-refractivity contribution is -0.121. The lowest BCUT2D eigenvalue weighted by Gasteiger charge is -2.05. The van der Waals surface area contributed by atoms with Gasteiger partial charge >= 0.3 is 0 Å². The molecule has 86 valence electrons. The van der Waals surface area contributed by atoms with Crippen molar-refractivity contribution in [2.45, 2.75) is 19.8 Å². The van der Waals surface area contributed by atoms with Crippen LogP contribution in [0.5, 0.6) is 0 Å². The highest BCUT2D eigenvalue weighted by Gasteiger charge is 2.10. The van der Waals surface area contributed by atoms with Crippen LogP contribution < -0.4 is 5.32 Å². The van der Waals surface area contributed by atoms with Crippen LogP contribution in [-0.2, 0) is 9.59 Å². The van der Waals surface area contributed by atoms with E-state index in [1.54, 1.807) is 0 Å². The Morgan fingerprint density at radius 2 is 2.00 bits per heavy atom. The SMILES string of the molecule is CC(=O)CCC(=O)Nc1ncnc(Cl)c1Cl. The number of rotatable bonds is 4. The molecule has 1 rings (SSSR count). The Labute approximate surface area is 102 Å². The molecule has 1 aromatic rings. The summed E-state index contributed by atoms with van der Waals surface area (Å²) >= 11 is 11.4. The van der Waals surface area contributed by atoms with Crippen molar-refractivity contribution < 1.29 is 9.59 Å². The lowest BCUT2D eigenvalue weighted by atomic mass is 10.2. The van der Waals surface area contributed by atoms with Crippen LogP contribution >= 0.6 is 23.2 Å². The molecule has 0 bridgehead atoms. The first-order valence-corrected chi connectivity index (χ1v) is 5.21. The van der Waals surface area contributed by atoms with Crippen LogP contribution in [0.2, 0.25) is 10.2 Å². The maximum absolute atomic E-state index is 11.4. The highest BCUT2D eigenvalue weighted by Crippen LogP contribution is 2.25. The van der Waals surface area contributed by atoms with E-state index in [9.17, 15) is 9.59 Å². The van der Waals surface area contributed by atoms with Crippen molar-refractivity contribution in [3.05, 3.63) is 16.5 Å². The summed E-state index contributed by atoms with van der Waals surface area (Å²) in [4.78, 5) is 29.4. The molecule has 16 heavy (non-hydrogen) atoms. The van der Waals surface area contributed by atoms with Gasteiger partial charge in [0.2, 0.25) is 5.91 Å². The molecule has 0 saturated heterocycles. The van der Waals surface area contributed by atoms with Crippen LogP contribution in [0.15, 0.2) is 6.33 Å². The lowest BCUT2D eigenvalue weighted by Crippen LogP contribution is -2.14. The molecular formula is C9H9Cl2N3O2. The minimum atomic E-state index is -0.341. The third kappa shape index (κ3) is 3.75. The topological polar surface area (TPSA) is 72.0 Å². The van der Waals surface area contributed by atoms with Gasteiger partial charge in [0.05, 0.1) is 0 Å². The third-order valence-corrected chi connectivity index (χ3v) is 2.45. The van der Waals surface area contributed by atoms with E-state index < -0.39 is 0 Å². The summed E-state index contributed by atoms with van der Waals surface area (Å²) in [5, 5.41) is 2.60. The Kier molecular flexibility index (Phi) is 4.64. The van der Waals surface area contributed by atoms with E-state index in [0.29, 0.717) is 0 Å². The Bertz CT molecular complexity index is 423. The number of amides is 1. The molecule has 0 atom stereocenters. The second kappa shape index (κ2) is 5.77. The normalized spacial score (nSPS) is 9.94. The van der Waals surface area contributed by atoms with Gasteiger partial charge in [0.1, 0.15) is 17.1 Å². The van der Waals surface area contributed by atoms with Gasteiger partial charge in [-0.2, -0.15) is 0 Å². The number of aromatic nitrogens is 2. The maximum atomic E-state index is 11.4. The molecule has 1 amide bonds. The fourth-order valence-electron chi connectivity index (χ4n) is 0.920. The van der Waals surface area contributed by atoms with Gasteiger partial charge < -0.3 is 10.1 Å². The number of carbonyl (C=O) groups excluding carboxylic acids is 2. The molecule has 7 heteroatoms. The highest BCUT2D eigenvalue weighted by molar-refractivity contribution is 6.42. The van der Waals surface area contributed by atoms with Crippen molar-refractivity contribution in [3.8, 4) is 0 Å². The van der Waals surface area contributed by atoms with Crippen molar-refractivity contribution in [2.24, 2.45) is 0 Å². The zero-order valence-electron chi connectivity index (χ0n) is 8.46. The average Bonchev–Trinajstić information content (AvgIpc) is 2.22. The molecule has 5 nitrogen and oxygen atoms in total. The molecule has 0 aliphatic heterocycles. The van der Waals surface area contributed by atoms with Crippen molar-refractivity contribution in [1.29, 1.82) is 0 Å². The minimum absolute atomic E-state index is 0.0537. The molecule has 0 aliphatic rings. The quantitative estimate of drug-likeness (QED) is 0.843. The fraction of sp³-hybridized carbons (Fsp3) is 0.333. The van der Waals surface area contributed by atoms with E-state index in [4.69, 9.17) is 23.2 Å². The summed E-state index contributed by atoms with van der Waals surface area (Å²) in [5.41, 5.74) is 0. The van der Waals surface area contributed by atoms with Gasteiger partial charge in [0.15, 0.2) is 11.0 Å². The molecule has 0 spiro atoms. The van der Waals surface area contributed by atoms with Gasteiger partial charge in [0.25, 0.3) is 0 Å². The Morgan fingerprint density at radius 1 is 1.31 bits per heavy atom. The van der Waals surface area contributed by atoms with Gasteiger partial charge in [0, 0.05) is 12.8 Å². The first kappa shape index (κ1) is 12.9. The van der Waals surface area contributed by atoms with Crippen molar-refractivity contribution in [3.63, 3.8) is 0 Å². The van der Waals surface area contributed by atoms with Crippen LogP contribution in [0.25, 0.3) is 0 Å². The van der Waals surface area contributed by atoms with Crippen molar-refractivity contribution >= 4 is 40.7 Å². The average molecular weight is 262 g/mol. The monoisotopic (exact) mass is 261 g/mol. The van der Waals surface area contributed by atoms with Crippen molar-refractivity contribution in [2.75, 3.05) is 5.32 Å². The molecule has 0 radical (unpaired) electrons. The molecule has 0 fully saturated rings. The molecule has 0 aromatic carbocycles. The van der Waals surface area contributed by atoms with Crippen LogP contribution in [0, 0.1) is 0 Å². The smallest absolute Gasteiger partial charge is 0.226 e. The number of Topliss-reactive ketones (excluding diaryl/α,β-unsaturated/α-hetero) is 1. The van der Waals surface area contributed by atoms with Crippen LogP contribution in [0.4, 0.5) is 5.82 Å². The number of ketones is 1. The fourth-order valence-corrected chi connectivity index (χ4v) is 1.20. The van der Waals surface area contributed by atoms with E-state index in [-0.39, 0.29) is 40.5 Å². The zero-order valence-corrected chi connectivity index (χ0v) is 9.97. The van der Waals surface area contributed by atoms with Crippen LogP contribution in [0.3, 0.4) is 0 Å². The first-order chi connectivity index (χ1) is 7.50. The minimum Gasteiger partial charge on any atom is -0.309 e. The van der Waals surface area contributed by atoms with Gasteiger partial charge in [-0.15, -0.1) is 0 Å². The molecule has 0 saturated carbocycles. The second-order valence-electron chi connectivity index (χ2n) is 3.08. The predicted octanol–water partition coefficient (Wildman–Crippen LogP) is 2.09. The summed E-state index contributed by atoms with van der Waals surface area (Å²) < 4.78 is 0. The number of nitrogens with one attached hydrogen (secondary N) is 1. The van der Waals surface area contributed by atoms with Gasteiger partial charge in [-0.05, 0) is 6.92 Å².